The lowest BCUT2D eigenvalue weighted by Crippen LogP contribution is -2.59. The van der Waals surface area contributed by atoms with Gasteiger partial charge in [-0.3, -0.25) is 9.48 Å². The van der Waals surface area contributed by atoms with Crippen LogP contribution in [0.1, 0.15) is 49.0 Å². The van der Waals surface area contributed by atoms with Crippen LogP contribution in [0.25, 0.3) is 10.9 Å². The molecule has 4 aliphatic carbocycles. The highest BCUT2D eigenvalue weighted by Gasteiger charge is 2.51. The maximum Gasteiger partial charge on any atom is 0.294 e. The number of nitrogens with one attached hydrogen (secondary N) is 1. The van der Waals surface area contributed by atoms with Crippen LogP contribution in [-0.4, -0.2) is 32.9 Å². The molecule has 6 rings (SSSR count). The first-order valence-electron chi connectivity index (χ1n) is 10.1. The normalized spacial score (nSPS) is 30.5. The molecule has 0 spiro atoms. The van der Waals surface area contributed by atoms with Gasteiger partial charge in [0.2, 0.25) is 0 Å². The van der Waals surface area contributed by atoms with Gasteiger partial charge in [0.05, 0.1) is 12.1 Å². The van der Waals surface area contributed by atoms with Gasteiger partial charge in [-0.05, 0) is 62.3 Å². The predicted octanol–water partition coefficient (Wildman–Crippen LogP) is 2.94. The smallest absolute Gasteiger partial charge is 0.294 e. The topological polar surface area (TPSA) is 99.3 Å². The number of para-hydroxylation sites is 1. The van der Waals surface area contributed by atoms with Crippen molar-refractivity contribution in [3.8, 4) is 0 Å². The minimum Gasteiger partial charge on any atom is -0.345 e. The lowest BCUT2D eigenvalue weighted by atomic mass is 9.53. The Kier molecular flexibility index (Phi) is 4.03. The highest BCUT2D eigenvalue weighted by molar-refractivity contribution is 6.05. The Balaban J connectivity index is 1.40. The molecule has 2 aromatic rings. The number of hydrogen-bond donors (Lipinski definition) is 1. The van der Waals surface area contributed by atoms with Gasteiger partial charge in [0.15, 0.2) is 5.69 Å². The third kappa shape index (κ3) is 3.00. The van der Waals surface area contributed by atoms with Crippen LogP contribution in [0.3, 0.4) is 0 Å². The van der Waals surface area contributed by atoms with Crippen molar-refractivity contribution in [3.63, 3.8) is 0 Å². The first-order valence-corrected chi connectivity index (χ1v) is 10.1. The molecule has 8 heteroatoms. The molecule has 0 radical (unpaired) electrons. The van der Waals surface area contributed by atoms with Crippen LogP contribution in [0.4, 0.5) is 0 Å². The van der Waals surface area contributed by atoms with Crippen LogP contribution < -0.4 is 5.32 Å². The molecule has 0 saturated heterocycles. The molecular formula is C20H24N4O4. The molecular weight excluding hydrogens is 360 g/mol. The van der Waals surface area contributed by atoms with Gasteiger partial charge >= 0.3 is 0 Å². The van der Waals surface area contributed by atoms with Crippen molar-refractivity contribution in [1.29, 1.82) is 0 Å². The fraction of sp³-hybridized carbons (Fsp3) is 0.600. The number of aromatic nitrogens is 2. The second kappa shape index (κ2) is 6.46. The van der Waals surface area contributed by atoms with Gasteiger partial charge in [0.1, 0.15) is 6.61 Å². The minimum atomic E-state index is -0.813. The summed E-state index contributed by atoms with van der Waals surface area (Å²) in [6.07, 6.45) is 7.22. The molecule has 0 aliphatic heterocycles. The van der Waals surface area contributed by atoms with E-state index in [4.69, 9.17) is 0 Å². The molecule has 148 valence electrons. The zero-order valence-electron chi connectivity index (χ0n) is 15.7. The summed E-state index contributed by atoms with van der Waals surface area (Å²) in [5, 5.41) is 18.2. The highest BCUT2D eigenvalue weighted by Crippen LogP contribution is 2.55. The number of benzene rings is 1. The van der Waals surface area contributed by atoms with Gasteiger partial charge in [-0.2, -0.15) is 5.10 Å². The number of rotatable bonds is 6. The maximum absolute atomic E-state index is 13.2. The molecule has 4 fully saturated rings. The van der Waals surface area contributed by atoms with Gasteiger partial charge in [-0.15, -0.1) is 10.1 Å². The third-order valence-electron chi connectivity index (χ3n) is 6.79. The lowest BCUT2D eigenvalue weighted by Gasteiger charge is -2.56. The predicted molar refractivity (Wildman–Crippen MR) is 101 cm³/mol. The molecule has 1 aromatic carbocycles. The van der Waals surface area contributed by atoms with Crippen molar-refractivity contribution in [1.82, 2.24) is 15.1 Å². The third-order valence-corrected chi connectivity index (χ3v) is 6.79. The van der Waals surface area contributed by atoms with E-state index in [0.717, 1.165) is 47.9 Å². The van der Waals surface area contributed by atoms with Gasteiger partial charge in [0, 0.05) is 10.9 Å². The van der Waals surface area contributed by atoms with Crippen LogP contribution in [0, 0.1) is 27.9 Å². The Hall–Kier alpha value is -2.64. The maximum atomic E-state index is 13.2. The van der Waals surface area contributed by atoms with Crippen LogP contribution in [0.15, 0.2) is 24.3 Å². The van der Waals surface area contributed by atoms with Crippen molar-refractivity contribution in [2.45, 2.75) is 50.6 Å². The van der Waals surface area contributed by atoms with Gasteiger partial charge in [-0.25, -0.2) is 0 Å². The summed E-state index contributed by atoms with van der Waals surface area (Å²) in [6, 6.07) is 7.50. The number of carbonyl (C=O) groups excluding carboxylic acids is 1. The average molecular weight is 384 g/mol. The van der Waals surface area contributed by atoms with E-state index >= 15 is 0 Å². The van der Waals surface area contributed by atoms with Crippen molar-refractivity contribution in [2.24, 2.45) is 17.8 Å². The number of hydrogen-bond acceptors (Lipinski definition) is 5. The average Bonchev–Trinajstić information content (AvgIpc) is 2.99. The second-order valence-corrected chi connectivity index (χ2v) is 8.80. The van der Waals surface area contributed by atoms with Gasteiger partial charge in [0.25, 0.3) is 11.0 Å². The standard InChI is InChI=1S/C20H24N4O4/c25-19(21-20-10-13-7-14(11-20)9-15(8-13)12-20)18-16-3-1-2-4-17(16)23(22-18)5-6-28-24(26)27/h1-4,13-15H,5-12H2,(H,21,25). The summed E-state index contributed by atoms with van der Waals surface area (Å²) >= 11 is 0. The Bertz CT molecular complexity index is 902. The monoisotopic (exact) mass is 384 g/mol. The molecule has 8 nitrogen and oxygen atoms in total. The first kappa shape index (κ1) is 17.5. The molecule has 4 aliphatic rings. The number of amides is 1. The Morgan fingerprint density at radius 3 is 2.50 bits per heavy atom. The van der Waals surface area contributed by atoms with Gasteiger partial charge < -0.3 is 10.2 Å². The van der Waals surface area contributed by atoms with Crippen molar-refractivity contribution in [3.05, 3.63) is 40.1 Å². The summed E-state index contributed by atoms with van der Waals surface area (Å²) in [7, 11) is 0. The van der Waals surface area contributed by atoms with E-state index in [-0.39, 0.29) is 24.6 Å². The molecule has 1 amide bonds. The zero-order chi connectivity index (χ0) is 19.3. The largest absolute Gasteiger partial charge is 0.345 e. The molecule has 4 bridgehead atoms. The summed E-state index contributed by atoms with van der Waals surface area (Å²) < 4.78 is 1.62. The van der Waals surface area contributed by atoms with Crippen LogP contribution >= 0.6 is 0 Å². The van der Waals surface area contributed by atoms with Crippen molar-refractivity contribution in [2.75, 3.05) is 6.61 Å². The SMILES string of the molecule is O=C(NC12CC3CC(CC(C3)C1)C2)c1nn(CCO[N+](=O)[O-])c2ccccc12. The van der Waals surface area contributed by atoms with E-state index in [0.29, 0.717) is 5.69 Å². The Labute approximate surface area is 162 Å². The number of carbonyl (C=O) groups is 1. The molecule has 1 aromatic heterocycles. The van der Waals surface area contributed by atoms with Gasteiger partial charge in [-0.1, -0.05) is 18.2 Å². The molecule has 1 heterocycles. The van der Waals surface area contributed by atoms with Crippen LogP contribution in [0.2, 0.25) is 0 Å². The minimum absolute atomic E-state index is 0.0779. The number of fused-ring (bicyclic) bond motifs is 1. The first-order chi connectivity index (χ1) is 13.5. The van der Waals surface area contributed by atoms with E-state index in [1.807, 2.05) is 24.3 Å². The Morgan fingerprint density at radius 1 is 1.21 bits per heavy atom. The van der Waals surface area contributed by atoms with E-state index < -0.39 is 5.09 Å². The second-order valence-electron chi connectivity index (χ2n) is 8.80. The summed E-state index contributed by atoms with van der Waals surface area (Å²) in [6.45, 7) is 0.112. The lowest BCUT2D eigenvalue weighted by molar-refractivity contribution is -0.758. The Morgan fingerprint density at radius 2 is 1.86 bits per heavy atom. The highest BCUT2D eigenvalue weighted by atomic mass is 16.9. The molecule has 28 heavy (non-hydrogen) atoms. The zero-order valence-corrected chi connectivity index (χ0v) is 15.7. The van der Waals surface area contributed by atoms with E-state index in [2.05, 4.69) is 15.3 Å². The van der Waals surface area contributed by atoms with Crippen molar-refractivity contribution < 1.29 is 14.7 Å². The number of nitrogens with zero attached hydrogens (tertiary/aromatic N) is 3. The molecule has 4 saturated carbocycles. The quantitative estimate of drug-likeness (QED) is 0.610. The fourth-order valence-corrected chi connectivity index (χ4v) is 6.23. The van der Waals surface area contributed by atoms with E-state index in [1.165, 1.54) is 19.3 Å². The van der Waals surface area contributed by atoms with E-state index in [1.54, 1.807) is 4.68 Å². The van der Waals surface area contributed by atoms with Crippen LogP contribution in [0.5, 0.6) is 0 Å². The molecule has 0 atom stereocenters. The van der Waals surface area contributed by atoms with E-state index in [9.17, 15) is 14.9 Å². The fourth-order valence-electron chi connectivity index (χ4n) is 6.23. The summed E-state index contributed by atoms with van der Waals surface area (Å²) in [5.41, 5.74) is 1.10. The summed E-state index contributed by atoms with van der Waals surface area (Å²) in [4.78, 5) is 28.0. The summed E-state index contributed by atoms with van der Waals surface area (Å²) in [5.74, 6) is 2.12. The molecule has 1 N–H and O–H groups in total. The van der Waals surface area contributed by atoms with Crippen molar-refractivity contribution >= 4 is 16.8 Å². The molecule has 0 unspecified atom stereocenters. The van der Waals surface area contributed by atoms with Crippen LogP contribution in [-0.2, 0) is 11.4 Å².